The molecule has 0 bridgehead atoms. The first-order chi connectivity index (χ1) is 14.8. The third-order valence-corrected chi connectivity index (χ3v) is 6.63. The maximum atomic E-state index is 13.1. The van der Waals surface area contributed by atoms with Crippen LogP contribution in [0.3, 0.4) is 0 Å². The van der Waals surface area contributed by atoms with Crippen LogP contribution in [-0.2, 0) is 16.1 Å². The molecule has 3 unspecified atom stereocenters. The summed E-state index contributed by atoms with van der Waals surface area (Å²) in [5.74, 6) is 0.748. The molecule has 1 spiro atoms. The largest absolute Gasteiger partial charge is 0.487 e. The third kappa shape index (κ3) is 4.45. The lowest BCUT2D eigenvalue weighted by atomic mass is 9.82. The van der Waals surface area contributed by atoms with Crippen LogP contribution < -0.4 is 10.1 Å². The van der Waals surface area contributed by atoms with Crippen LogP contribution in [0.4, 0.5) is 0 Å². The van der Waals surface area contributed by atoms with Gasteiger partial charge in [0.2, 0.25) is 11.8 Å². The van der Waals surface area contributed by atoms with Gasteiger partial charge in [-0.2, -0.15) is 5.10 Å². The molecular weight excluding hydrogens is 392 g/mol. The quantitative estimate of drug-likeness (QED) is 0.818. The van der Waals surface area contributed by atoms with E-state index >= 15 is 0 Å². The van der Waals surface area contributed by atoms with E-state index in [0.717, 1.165) is 29.1 Å². The molecule has 3 atom stereocenters. The lowest BCUT2D eigenvalue weighted by molar-refractivity contribution is -0.129. The van der Waals surface area contributed by atoms with E-state index in [1.807, 2.05) is 62.8 Å². The molecule has 2 amide bonds. The van der Waals surface area contributed by atoms with Crippen molar-refractivity contribution in [2.24, 2.45) is 5.92 Å². The summed E-state index contributed by atoms with van der Waals surface area (Å²) in [6, 6.07) is 9.80. The second-order valence-electron chi connectivity index (χ2n) is 9.16. The molecule has 1 fully saturated rings. The molecule has 2 aromatic rings. The molecule has 31 heavy (non-hydrogen) atoms. The number of benzene rings is 1. The number of fused-ring (bicyclic) bond motifs is 1. The van der Waals surface area contributed by atoms with Crippen LogP contribution in [0.1, 0.15) is 55.6 Å². The second kappa shape index (κ2) is 8.36. The average Bonchev–Trinajstić information content (AvgIpc) is 2.99. The normalized spacial score (nSPS) is 24.3. The number of likely N-dealkylation sites (tertiary alicyclic amines) is 1. The maximum absolute atomic E-state index is 13.1. The molecule has 166 valence electrons. The molecule has 7 nitrogen and oxygen atoms in total. The number of carbonyl (C=O) groups excluding carboxylic acids is 2. The molecule has 4 rings (SSSR count). The Kier molecular flexibility index (Phi) is 5.77. The molecule has 1 N–H and O–H groups in total. The molecule has 2 aliphatic heterocycles. The minimum absolute atomic E-state index is 0.00576. The van der Waals surface area contributed by atoms with Crippen molar-refractivity contribution in [1.29, 1.82) is 0 Å². The van der Waals surface area contributed by atoms with Crippen LogP contribution in [0.15, 0.2) is 30.3 Å². The fourth-order valence-corrected chi connectivity index (χ4v) is 4.72. The summed E-state index contributed by atoms with van der Waals surface area (Å²) < 4.78 is 8.37. The number of aromatic nitrogens is 2. The van der Waals surface area contributed by atoms with Gasteiger partial charge in [-0.05, 0) is 32.4 Å². The number of nitrogens with one attached hydrogen (secondary N) is 1. The Labute approximate surface area is 183 Å². The van der Waals surface area contributed by atoms with Crippen molar-refractivity contribution < 1.29 is 14.3 Å². The molecule has 0 radical (unpaired) electrons. The van der Waals surface area contributed by atoms with Crippen LogP contribution >= 0.6 is 0 Å². The van der Waals surface area contributed by atoms with Gasteiger partial charge >= 0.3 is 0 Å². The Morgan fingerprint density at radius 3 is 2.84 bits per heavy atom. The molecule has 7 heteroatoms. The fraction of sp³-hybridized carbons (Fsp3) is 0.542. The number of aryl methyl sites for hydroxylation is 2. The number of nitrogens with zero attached hydrogens (tertiary/aromatic N) is 3. The van der Waals surface area contributed by atoms with Crippen molar-refractivity contribution in [3.05, 3.63) is 47.3 Å². The number of hydrogen-bond donors (Lipinski definition) is 1. The first-order valence-corrected chi connectivity index (χ1v) is 11.1. The third-order valence-electron chi connectivity index (χ3n) is 6.63. The molecular formula is C24H32N4O3. The SMILES string of the molecule is Cc1cc(C)n(CC(C)C(=O)NC2CC3(CCC(=O)N(C)CC3)Oc3ccccc32)n1. The number of ether oxygens (including phenoxy) is 1. The van der Waals surface area contributed by atoms with E-state index in [0.29, 0.717) is 32.4 Å². The lowest BCUT2D eigenvalue weighted by Crippen LogP contribution is -2.46. The highest BCUT2D eigenvalue weighted by atomic mass is 16.5. The van der Waals surface area contributed by atoms with E-state index in [1.165, 1.54) is 0 Å². The van der Waals surface area contributed by atoms with Gasteiger partial charge in [0.25, 0.3) is 0 Å². The fourth-order valence-electron chi connectivity index (χ4n) is 4.72. The number of hydrogen-bond acceptors (Lipinski definition) is 4. The summed E-state index contributed by atoms with van der Waals surface area (Å²) in [5.41, 5.74) is 2.58. The van der Waals surface area contributed by atoms with Gasteiger partial charge in [-0.25, -0.2) is 0 Å². The Morgan fingerprint density at radius 1 is 1.32 bits per heavy atom. The van der Waals surface area contributed by atoms with Gasteiger partial charge in [0.15, 0.2) is 0 Å². The second-order valence-corrected chi connectivity index (χ2v) is 9.16. The lowest BCUT2D eigenvalue weighted by Gasteiger charge is -2.42. The van der Waals surface area contributed by atoms with Gasteiger partial charge in [0, 0.05) is 44.1 Å². The summed E-state index contributed by atoms with van der Waals surface area (Å²) >= 11 is 0. The van der Waals surface area contributed by atoms with Crippen molar-refractivity contribution in [2.75, 3.05) is 13.6 Å². The predicted octanol–water partition coefficient (Wildman–Crippen LogP) is 3.16. The number of para-hydroxylation sites is 1. The predicted molar refractivity (Wildman–Crippen MR) is 118 cm³/mol. The van der Waals surface area contributed by atoms with E-state index in [1.54, 1.807) is 4.90 Å². The van der Waals surface area contributed by atoms with Crippen LogP contribution in [0.5, 0.6) is 5.75 Å². The zero-order chi connectivity index (χ0) is 22.2. The van der Waals surface area contributed by atoms with Gasteiger partial charge < -0.3 is 15.0 Å². The molecule has 2 aliphatic rings. The Balaban J connectivity index is 1.53. The summed E-state index contributed by atoms with van der Waals surface area (Å²) in [6.45, 7) is 7.11. The van der Waals surface area contributed by atoms with E-state index in [-0.39, 0.29) is 23.8 Å². The van der Waals surface area contributed by atoms with Gasteiger partial charge in [-0.15, -0.1) is 0 Å². The van der Waals surface area contributed by atoms with Crippen LogP contribution in [0.25, 0.3) is 0 Å². The van der Waals surface area contributed by atoms with Gasteiger partial charge in [-0.3, -0.25) is 14.3 Å². The molecule has 0 aliphatic carbocycles. The van der Waals surface area contributed by atoms with Gasteiger partial charge in [0.1, 0.15) is 11.4 Å². The molecule has 1 saturated heterocycles. The van der Waals surface area contributed by atoms with E-state index in [4.69, 9.17) is 4.74 Å². The molecule has 1 aromatic heterocycles. The highest BCUT2D eigenvalue weighted by molar-refractivity contribution is 5.79. The van der Waals surface area contributed by atoms with Crippen molar-refractivity contribution in [3.63, 3.8) is 0 Å². The van der Waals surface area contributed by atoms with Crippen molar-refractivity contribution >= 4 is 11.8 Å². The topological polar surface area (TPSA) is 76.5 Å². The first kappa shape index (κ1) is 21.4. The van der Waals surface area contributed by atoms with Crippen LogP contribution in [0, 0.1) is 19.8 Å². The number of carbonyl (C=O) groups is 2. The smallest absolute Gasteiger partial charge is 0.225 e. The Bertz CT molecular complexity index is 985. The summed E-state index contributed by atoms with van der Waals surface area (Å²) in [5, 5.41) is 7.77. The summed E-state index contributed by atoms with van der Waals surface area (Å²) in [7, 11) is 1.85. The number of amides is 2. The summed E-state index contributed by atoms with van der Waals surface area (Å²) in [6.07, 6.45) is 2.56. The van der Waals surface area contributed by atoms with Crippen LogP contribution in [-0.4, -0.2) is 45.7 Å². The standard InChI is InChI=1S/C24H32N4O3/c1-16(15-28-18(3)13-17(2)26-28)23(30)25-20-14-24(10-9-22(29)27(4)12-11-24)31-21-8-6-5-7-19(20)21/h5-8,13,16,20H,9-12,14-15H2,1-4H3,(H,25,30). The number of rotatable bonds is 4. The molecule has 0 saturated carbocycles. The van der Waals surface area contributed by atoms with E-state index < -0.39 is 5.60 Å². The van der Waals surface area contributed by atoms with Crippen molar-refractivity contribution in [3.8, 4) is 5.75 Å². The van der Waals surface area contributed by atoms with E-state index in [9.17, 15) is 9.59 Å². The Morgan fingerprint density at radius 2 is 2.10 bits per heavy atom. The zero-order valence-corrected chi connectivity index (χ0v) is 18.9. The minimum atomic E-state index is -0.439. The zero-order valence-electron chi connectivity index (χ0n) is 18.9. The van der Waals surface area contributed by atoms with E-state index in [2.05, 4.69) is 10.4 Å². The summed E-state index contributed by atoms with van der Waals surface area (Å²) in [4.78, 5) is 27.1. The molecule has 1 aromatic carbocycles. The van der Waals surface area contributed by atoms with Gasteiger partial charge in [0.05, 0.1) is 24.2 Å². The highest BCUT2D eigenvalue weighted by Crippen LogP contribution is 2.44. The maximum Gasteiger partial charge on any atom is 0.225 e. The van der Waals surface area contributed by atoms with Crippen molar-refractivity contribution in [1.82, 2.24) is 20.0 Å². The van der Waals surface area contributed by atoms with Gasteiger partial charge in [-0.1, -0.05) is 25.1 Å². The van der Waals surface area contributed by atoms with Crippen LogP contribution in [0.2, 0.25) is 0 Å². The van der Waals surface area contributed by atoms with Crippen molar-refractivity contribution in [2.45, 2.75) is 64.6 Å². The first-order valence-electron chi connectivity index (χ1n) is 11.1. The molecule has 3 heterocycles. The highest BCUT2D eigenvalue weighted by Gasteiger charge is 2.43. The Hall–Kier alpha value is -2.83. The monoisotopic (exact) mass is 424 g/mol. The average molecular weight is 425 g/mol. The minimum Gasteiger partial charge on any atom is -0.487 e.